The van der Waals surface area contributed by atoms with Crippen LogP contribution in [0.25, 0.3) is 0 Å². The fourth-order valence-electron chi connectivity index (χ4n) is 2.88. The van der Waals surface area contributed by atoms with Crippen LogP contribution in [0.5, 0.6) is 0 Å². The zero-order valence-electron chi connectivity index (χ0n) is 12.0. The molecule has 18 heavy (non-hydrogen) atoms. The smallest absolute Gasteiger partial charge is 0.0373 e. The van der Waals surface area contributed by atoms with Crippen LogP contribution < -0.4 is 10.6 Å². The number of nitrogens with one attached hydrogen (secondary N) is 2. The van der Waals surface area contributed by atoms with Gasteiger partial charge in [-0.1, -0.05) is 32.9 Å². The molecule has 0 amide bonds. The Hall–Kier alpha value is -1.02. The predicted octanol–water partition coefficient (Wildman–Crippen LogP) is 3.71. The molecular formula is C16H26N2. The largest absolute Gasteiger partial charge is 0.384 e. The van der Waals surface area contributed by atoms with Gasteiger partial charge in [0, 0.05) is 24.3 Å². The molecule has 0 saturated carbocycles. The summed E-state index contributed by atoms with van der Waals surface area (Å²) in [5.74, 6) is 0. The van der Waals surface area contributed by atoms with Crippen LogP contribution in [0, 0.1) is 0 Å². The molecule has 100 valence electrons. The average Bonchev–Trinajstić information content (AvgIpc) is 2.88. The van der Waals surface area contributed by atoms with Crippen molar-refractivity contribution in [1.82, 2.24) is 5.32 Å². The second-order valence-corrected chi connectivity index (χ2v) is 5.36. The molecule has 2 N–H and O–H groups in total. The topological polar surface area (TPSA) is 24.1 Å². The lowest BCUT2D eigenvalue weighted by molar-refractivity contribution is 0.288. The number of rotatable bonds is 6. The van der Waals surface area contributed by atoms with E-state index in [1.807, 2.05) is 0 Å². The van der Waals surface area contributed by atoms with Gasteiger partial charge in [0.05, 0.1) is 0 Å². The van der Waals surface area contributed by atoms with Crippen LogP contribution in [0.3, 0.4) is 0 Å². The van der Waals surface area contributed by atoms with E-state index in [4.69, 9.17) is 0 Å². The van der Waals surface area contributed by atoms with E-state index in [1.54, 1.807) is 0 Å². The van der Waals surface area contributed by atoms with E-state index in [0.717, 1.165) is 13.1 Å². The highest BCUT2D eigenvalue weighted by molar-refractivity contribution is 5.56. The minimum atomic E-state index is 0.317. The Bertz CT molecular complexity index is 386. The normalized spacial score (nSPS) is 14.4. The Balaban J connectivity index is 2.01. The standard InChI is InChI=1S/C16H26N2/c1-4-16(5-2,6-3)18-12-13-7-8-15-14(11-13)9-10-17-15/h7-8,11,17-18H,4-6,9-10,12H2,1-3H3. The molecule has 2 heteroatoms. The summed E-state index contributed by atoms with van der Waals surface area (Å²) in [6.45, 7) is 8.93. The minimum absolute atomic E-state index is 0.317. The van der Waals surface area contributed by atoms with Crippen molar-refractivity contribution in [2.45, 2.75) is 58.5 Å². The summed E-state index contributed by atoms with van der Waals surface area (Å²) in [5.41, 5.74) is 4.53. The van der Waals surface area contributed by atoms with Gasteiger partial charge < -0.3 is 10.6 Å². The van der Waals surface area contributed by atoms with Crippen LogP contribution in [-0.4, -0.2) is 12.1 Å². The molecule has 0 radical (unpaired) electrons. The lowest BCUT2D eigenvalue weighted by Gasteiger charge is -2.32. The van der Waals surface area contributed by atoms with Gasteiger partial charge in [0.2, 0.25) is 0 Å². The summed E-state index contributed by atoms with van der Waals surface area (Å²) in [6.07, 6.45) is 4.77. The van der Waals surface area contributed by atoms with Crippen molar-refractivity contribution >= 4 is 5.69 Å². The summed E-state index contributed by atoms with van der Waals surface area (Å²) in [7, 11) is 0. The van der Waals surface area contributed by atoms with Gasteiger partial charge in [0.25, 0.3) is 0 Å². The Labute approximate surface area is 111 Å². The second-order valence-electron chi connectivity index (χ2n) is 5.36. The first kappa shape index (κ1) is 13.4. The van der Waals surface area contributed by atoms with Gasteiger partial charge in [-0.2, -0.15) is 0 Å². The monoisotopic (exact) mass is 246 g/mol. The second kappa shape index (κ2) is 5.75. The van der Waals surface area contributed by atoms with Gasteiger partial charge in [-0.15, -0.1) is 0 Å². The van der Waals surface area contributed by atoms with Crippen molar-refractivity contribution in [3.63, 3.8) is 0 Å². The lowest BCUT2D eigenvalue weighted by Crippen LogP contribution is -2.43. The molecule has 1 heterocycles. The third-order valence-electron chi connectivity index (χ3n) is 4.58. The predicted molar refractivity (Wildman–Crippen MR) is 79.1 cm³/mol. The molecule has 0 aliphatic carbocycles. The van der Waals surface area contributed by atoms with Gasteiger partial charge in [-0.25, -0.2) is 0 Å². The molecule has 0 atom stereocenters. The quantitative estimate of drug-likeness (QED) is 0.799. The first-order chi connectivity index (χ1) is 8.73. The third kappa shape index (κ3) is 2.69. The van der Waals surface area contributed by atoms with Gasteiger partial charge in [0.15, 0.2) is 0 Å². The highest BCUT2D eigenvalue weighted by atomic mass is 15.0. The van der Waals surface area contributed by atoms with E-state index < -0.39 is 0 Å². The molecule has 0 bridgehead atoms. The van der Waals surface area contributed by atoms with Crippen molar-refractivity contribution in [2.24, 2.45) is 0 Å². The summed E-state index contributed by atoms with van der Waals surface area (Å²) in [5, 5.41) is 7.18. The summed E-state index contributed by atoms with van der Waals surface area (Å²) < 4.78 is 0. The van der Waals surface area contributed by atoms with Gasteiger partial charge in [-0.3, -0.25) is 0 Å². The highest BCUT2D eigenvalue weighted by Gasteiger charge is 2.22. The molecular weight excluding hydrogens is 220 g/mol. The zero-order valence-corrected chi connectivity index (χ0v) is 12.0. The maximum absolute atomic E-state index is 3.77. The molecule has 1 aliphatic rings. The van der Waals surface area contributed by atoms with Crippen LogP contribution in [0.15, 0.2) is 18.2 Å². The molecule has 1 aromatic carbocycles. The Kier molecular flexibility index (Phi) is 4.28. The molecule has 0 aromatic heterocycles. The van der Waals surface area contributed by atoms with Crippen LogP contribution in [0.1, 0.15) is 51.2 Å². The minimum Gasteiger partial charge on any atom is -0.384 e. The van der Waals surface area contributed by atoms with Crippen molar-refractivity contribution in [3.05, 3.63) is 29.3 Å². The van der Waals surface area contributed by atoms with Gasteiger partial charge >= 0.3 is 0 Å². The SMILES string of the molecule is CCC(CC)(CC)NCc1ccc2c(c1)CCN2. The number of hydrogen-bond donors (Lipinski definition) is 2. The van der Waals surface area contributed by atoms with Gasteiger partial charge in [0.1, 0.15) is 0 Å². The maximum Gasteiger partial charge on any atom is 0.0373 e. The molecule has 0 fully saturated rings. The number of benzene rings is 1. The fraction of sp³-hybridized carbons (Fsp3) is 0.625. The first-order valence-corrected chi connectivity index (χ1v) is 7.33. The summed E-state index contributed by atoms with van der Waals surface area (Å²) in [4.78, 5) is 0. The van der Waals surface area contributed by atoms with Crippen molar-refractivity contribution in [3.8, 4) is 0 Å². The van der Waals surface area contributed by atoms with Crippen molar-refractivity contribution in [1.29, 1.82) is 0 Å². The van der Waals surface area contributed by atoms with E-state index in [0.29, 0.717) is 5.54 Å². The Morgan fingerprint density at radius 3 is 2.56 bits per heavy atom. The fourth-order valence-corrected chi connectivity index (χ4v) is 2.88. The number of hydrogen-bond acceptors (Lipinski definition) is 2. The third-order valence-corrected chi connectivity index (χ3v) is 4.58. The van der Waals surface area contributed by atoms with Crippen LogP contribution in [-0.2, 0) is 13.0 Å². The van der Waals surface area contributed by atoms with Gasteiger partial charge in [-0.05, 0) is 42.9 Å². The molecule has 1 aliphatic heterocycles. The number of anilines is 1. The maximum atomic E-state index is 3.77. The average molecular weight is 246 g/mol. The molecule has 0 saturated heterocycles. The van der Waals surface area contributed by atoms with E-state index in [2.05, 4.69) is 49.6 Å². The lowest BCUT2D eigenvalue weighted by atomic mass is 9.89. The van der Waals surface area contributed by atoms with Crippen LogP contribution >= 0.6 is 0 Å². The van der Waals surface area contributed by atoms with E-state index >= 15 is 0 Å². The Morgan fingerprint density at radius 1 is 1.17 bits per heavy atom. The van der Waals surface area contributed by atoms with Crippen LogP contribution in [0.4, 0.5) is 5.69 Å². The van der Waals surface area contributed by atoms with E-state index in [-0.39, 0.29) is 0 Å². The molecule has 0 spiro atoms. The zero-order chi connectivity index (χ0) is 13.0. The van der Waals surface area contributed by atoms with E-state index in [1.165, 1.54) is 42.5 Å². The summed E-state index contributed by atoms with van der Waals surface area (Å²) in [6, 6.07) is 6.83. The van der Waals surface area contributed by atoms with Crippen molar-refractivity contribution in [2.75, 3.05) is 11.9 Å². The molecule has 2 rings (SSSR count). The summed E-state index contributed by atoms with van der Waals surface area (Å²) >= 11 is 0. The van der Waals surface area contributed by atoms with Crippen molar-refractivity contribution < 1.29 is 0 Å². The highest BCUT2D eigenvalue weighted by Crippen LogP contribution is 2.24. The molecule has 0 unspecified atom stereocenters. The van der Waals surface area contributed by atoms with E-state index in [9.17, 15) is 0 Å². The molecule has 2 nitrogen and oxygen atoms in total. The van der Waals surface area contributed by atoms with Crippen LogP contribution in [0.2, 0.25) is 0 Å². The first-order valence-electron chi connectivity index (χ1n) is 7.33. The molecule has 1 aromatic rings. The number of fused-ring (bicyclic) bond motifs is 1. The Morgan fingerprint density at radius 2 is 1.89 bits per heavy atom.